The Balaban J connectivity index is -0.00000180. The maximum atomic E-state index is 11.5. The highest BCUT2D eigenvalue weighted by Crippen LogP contribution is 1.97. The molecule has 0 aromatic rings. The molecule has 0 aromatic carbocycles. The van der Waals surface area contributed by atoms with Gasteiger partial charge in [-0.3, -0.25) is 19.2 Å². The van der Waals surface area contributed by atoms with E-state index in [2.05, 4.69) is 23.3 Å². The molecule has 9 nitrogen and oxygen atoms in total. The van der Waals surface area contributed by atoms with Crippen LogP contribution in [0.3, 0.4) is 0 Å². The van der Waals surface area contributed by atoms with E-state index >= 15 is 0 Å². The van der Waals surface area contributed by atoms with Gasteiger partial charge in [0.25, 0.3) is 0 Å². The molecular weight excluding hydrogens is 361 g/mol. The van der Waals surface area contributed by atoms with Crippen molar-refractivity contribution in [2.24, 2.45) is 5.73 Å². The van der Waals surface area contributed by atoms with Crippen molar-refractivity contribution < 1.29 is 29.4 Å². The van der Waals surface area contributed by atoms with Gasteiger partial charge >= 0.3 is 11.9 Å². The minimum absolute atomic E-state index is 0. The van der Waals surface area contributed by atoms with Gasteiger partial charge in [-0.05, 0) is 6.42 Å². The van der Waals surface area contributed by atoms with Gasteiger partial charge in [0, 0.05) is 12.2 Å². The van der Waals surface area contributed by atoms with E-state index in [0.29, 0.717) is 0 Å². The zero-order valence-corrected chi connectivity index (χ0v) is 13.9. The molecule has 0 unspecified atom stereocenters. The van der Waals surface area contributed by atoms with Crippen LogP contribution in [0.15, 0.2) is 0 Å². The number of carboxylic acids is 2. The summed E-state index contributed by atoms with van der Waals surface area (Å²) >= 11 is 3.87. The van der Waals surface area contributed by atoms with Gasteiger partial charge in [-0.15, -0.1) is 24.8 Å². The summed E-state index contributed by atoms with van der Waals surface area (Å²) in [5.74, 6) is -3.70. The molecule has 0 radical (unpaired) electrons. The number of nitrogens with one attached hydrogen (secondary N) is 2. The van der Waals surface area contributed by atoms with Gasteiger partial charge in [0.2, 0.25) is 11.8 Å². The van der Waals surface area contributed by atoms with Crippen molar-refractivity contribution in [2.45, 2.75) is 24.9 Å². The molecule has 2 amide bonds. The quantitative estimate of drug-likeness (QED) is 0.269. The fourth-order valence-corrected chi connectivity index (χ4v) is 1.41. The minimum Gasteiger partial charge on any atom is -0.480 e. The molecule has 130 valence electrons. The van der Waals surface area contributed by atoms with Crippen LogP contribution < -0.4 is 16.4 Å². The van der Waals surface area contributed by atoms with E-state index < -0.39 is 42.4 Å². The smallest absolute Gasteiger partial charge is 0.322 e. The van der Waals surface area contributed by atoms with E-state index in [0.717, 1.165) is 0 Å². The van der Waals surface area contributed by atoms with Crippen molar-refractivity contribution in [3.05, 3.63) is 0 Å². The summed E-state index contributed by atoms with van der Waals surface area (Å²) in [7, 11) is 0. The first-order valence-electron chi connectivity index (χ1n) is 5.66. The normalized spacial score (nSPS) is 11.9. The number of rotatable bonds is 9. The molecule has 0 heterocycles. The summed E-state index contributed by atoms with van der Waals surface area (Å²) in [6, 6.07) is -2.15. The third kappa shape index (κ3) is 11.4. The highest BCUT2D eigenvalue weighted by Gasteiger charge is 2.20. The van der Waals surface area contributed by atoms with Crippen molar-refractivity contribution in [3.63, 3.8) is 0 Å². The third-order valence-electron chi connectivity index (χ3n) is 2.25. The maximum absolute atomic E-state index is 11.5. The van der Waals surface area contributed by atoms with E-state index in [1.807, 2.05) is 0 Å². The number of carbonyl (C=O) groups excluding carboxylic acids is 2. The molecular formula is C10H19Cl2N3O6S. The van der Waals surface area contributed by atoms with Crippen molar-refractivity contribution in [1.29, 1.82) is 0 Å². The van der Waals surface area contributed by atoms with Crippen LogP contribution in [0.5, 0.6) is 0 Å². The number of halogens is 2. The van der Waals surface area contributed by atoms with Crippen LogP contribution in [0, 0.1) is 0 Å². The van der Waals surface area contributed by atoms with E-state index in [-0.39, 0.29) is 43.4 Å². The molecule has 0 aromatic heterocycles. The Bertz CT molecular complexity index is 399. The van der Waals surface area contributed by atoms with Gasteiger partial charge in [-0.1, -0.05) is 0 Å². The molecule has 0 rings (SSSR count). The van der Waals surface area contributed by atoms with Crippen LogP contribution in [-0.4, -0.2) is 58.3 Å². The molecule has 0 spiro atoms. The number of hydrogen-bond donors (Lipinski definition) is 6. The SMILES string of the molecule is Cl.Cl.N[C@@H](CCC(=O)N[C@@H](CS)C(=O)NCC(=O)O)C(=O)O. The van der Waals surface area contributed by atoms with Crippen LogP contribution in [0.1, 0.15) is 12.8 Å². The Morgan fingerprint density at radius 1 is 1.14 bits per heavy atom. The second kappa shape index (κ2) is 13.4. The molecule has 22 heavy (non-hydrogen) atoms. The zero-order chi connectivity index (χ0) is 15.7. The number of hydrogen-bond acceptors (Lipinski definition) is 6. The first-order chi connectivity index (χ1) is 9.27. The summed E-state index contributed by atoms with van der Waals surface area (Å²) in [6.07, 6.45) is -0.235. The second-order valence-corrected chi connectivity index (χ2v) is 4.26. The Morgan fingerprint density at radius 3 is 2.09 bits per heavy atom. The monoisotopic (exact) mass is 379 g/mol. The van der Waals surface area contributed by atoms with Crippen LogP contribution in [0.25, 0.3) is 0 Å². The summed E-state index contributed by atoms with van der Waals surface area (Å²) < 4.78 is 0. The standard InChI is InChI=1S/C10H17N3O6S.2ClH/c11-5(10(18)19)1-2-7(14)13-6(4-20)9(17)12-3-8(15)16;;/h5-6,20H,1-4,11H2,(H,12,17)(H,13,14)(H,15,16)(H,18,19);2*1H/t5-,6-;;/m0../s1. The number of carboxylic acid groups (broad SMARTS) is 2. The molecule has 0 fully saturated rings. The lowest BCUT2D eigenvalue weighted by Gasteiger charge is -2.16. The predicted molar refractivity (Wildman–Crippen MR) is 85.8 cm³/mol. The van der Waals surface area contributed by atoms with E-state index in [1.54, 1.807) is 0 Å². The summed E-state index contributed by atoms with van der Waals surface area (Å²) in [4.78, 5) is 43.7. The largest absolute Gasteiger partial charge is 0.480 e. The van der Waals surface area contributed by atoms with Gasteiger partial charge < -0.3 is 26.6 Å². The highest BCUT2D eigenvalue weighted by molar-refractivity contribution is 7.80. The number of aliphatic carboxylic acids is 2. The van der Waals surface area contributed by atoms with Crippen molar-refractivity contribution in [1.82, 2.24) is 10.6 Å². The Kier molecular flexibility index (Phi) is 15.7. The number of amides is 2. The lowest BCUT2D eigenvalue weighted by molar-refractivity contribution is -0.139. The zero-order valence-electron chi connectivity index (χ0n) is 11.4. The molecule has 0 aliphatic heterocycles. The van der Waals surface area contributed by atoms with E-state index in [9.17, 15) is 19.2 Å². The minimum atomic E-state index is -1.22. The summed E-state index contributed by atoms with van der Waals surface area (Å²) in [5.41, 5.74) is 5.23. The van der Waals surface area contributed by atoms with Crippen molar-refractivity contribution >= 4 is 61.2 Å². The number of carbonyl (C=O) groups is 4. The molecule has 0 aliphatic carbocycles. The fraction of sp³-hybridized carbons (Fsp3) is 0.600. The van der Waals surface area contributed by atoms with Crippen LogP contribution in [-0.2, 0) is 19.2 Å². The van der Waals surface area contributed by atoms with Gasteiger partial charge in [-0.25, -0.2) is 0 Å². The molecule has 0 aliphatic rings. The highest BCUT2D eigenvalue weighted by atomic mass is 35.5. The summed E-state index contributed by atoms with van der Waals surface area (Å²) in [6.45, 7) is -0.567. The van der Waals surface area contributed by atoms with Crippen molar-refractivity contribution in [2.75, 3.05) is 12.3 Å². The first-order valence-corrected chi connectivity index (χ1v) is 6.29. The molecule has 12 heteroatoms. The Morgan fingerprint density at radius 2 is 1.68 bits per heavy atom. The number of nitrogens with two attached hydrogens (primary N) is 1. The Labute approximate surface area is 144 Å². The first kappa shape index (κ1) is 25.7. The maximum Gasteiger partial charge on any atom is 0.322 e. The average molecular weight is 380 g/mol. The van der Waals surface area contributed by atoms with E-state index in [4.69, 9.17) is 15.9 Å². The fourth-order valence-electron chi connectivity index (χ4n) is 1.16. The molecule has 0 saturated carbocycles. The summed E-state index contributed by atoms with van der Waals surface area (Å²) in [5, 5.41) is 21.4. The average Bonchev–Trinajstić information content (AvgIpc) is 2.38. The molecule has 0 bridgehead atoms. The van der Waals surface area contributed by atoms with Crippen molar-refractivity contribution in [3.8, 4) is 0 Å². The predicted octanol–water partition coefficient (Wildman–Crippen LogP) is -1.36. The molecule has 6 N–H and O–H groups in total. The van der Waals surface area contributed by atoms with Crippen LogP contribution in [0.4, 0.5) is 0 Å². The second-order valence-electron chi connectivity index (χ2n) is 3.90. The van der Waals surface area contributed by atoms with E-state index in [1.165, 1.54) is 0 Å². The Hall–Kier alpha value is -1.23. The lowest BCUT2D eigenvalue weighted by atomic mass is 10.1. The number of thiol groups is 1. The van der Waals surface area contributed by atoms with Crippen LogP contribution in [0.2, 0.25) is 0 Å². The van der Waals surface area contributed by atoms with Gasteiger partial charge in [0.15, 0.2) is 0 Å². The molecule has 0 saturated heterocycles. The molecule has 2 atom stereocenters. The third-order valence-corrected chi connectivity index (χ3v) is 2.61. The van der Waals surface area contributed by atoms with Crippen LogP contribution >= 0.6 is 37.4 Å². The lowest BCUT2D eigenvalue weighted by Crippen LogP contribution is -2.49. The topological polar surface area (TPSA) is 159 Å². The van der Waals surface area contributed by atoms with Gasteiger partial charge in [0.1, 0.15) is 18.6 Å². The van der Waals surface area contributed by atoms with Gasteiger partial charge in [-0.2, -0.15) is 12.6 Å². The van der Waals surface area contributed by atoms with Gasteiger partial charge in [0.05, 0.1) is 0 Å².